The summed E-state index contributed by atoms with van der Waals surface area (Å²) in [7, 11) is 3.16. The van der Waals surface area contributed by atoms with Crippen LogP contribution < -0.4 is 9.47 Å². The summed E-state index contributed by atoms with van der Waals surface area (Å²) in [5, 5.41) is 8.53. The van der Waals surface area contributed by atoms with E-state index in [-0.39, 0.29) is 12.4 Å². The molecule has 1 atom stereocenters. The predicted octanol–water partition coefficient (Wildman–Crippen LogP) is 4.03. The fourth-order valence-electron chi connectivity index (χ4n) is 3.37. The van der Waals surface area contributed by atoms with Gasteiger partial charge in [-0.2, -0.15) is 0 Å². The van der Waals surface area contributed by atoms with E-state index in [0.29, 0.717) is 22.3 Å². The molecule has 2 aromatic carbocycles. The molecule has 0 saturated carbocycles. The molecule has 0 radical (unpaired) electrons. The maximum atomic E-state index is 13.5. The number of fused-ring (bicyclic) bond motifs is 3. The van der Waals surface area contributed by atoms with Gasteiger partial charge < -0.3 is 14.2 Å². The fourth-order valence-corrected chi connectivity index (χ4v) is 3.55. The molecule has 27 heavy (non-hydrogen) atoms. The lowest BCUT2D eigenvalue weighted by Crippen LogP contribution is -2.09. The standard InChI is InChI=1S/C19H17ClFN3O3/c1-25-15-5-3-4-12(19(15)26-2)18-13-8-11(20)6-7-14(13)24-16(9-21)22-23-17(24)10-27-18/h3-8,18H,9-10H2,1-2H3/t18-/m1/s1. The van der Waals surface area contributed by atoms with Crippen LogP contribution in [0.15, 0.2) is 36.4 Å². The number of para-hydroxylation sites is 1. The molecule has 8 heteroatoms. The fraction of sp³-hybridized carbons (Fsp3) is 0.263. The Labute approximate surface area is 160 Å². The van der Waals surface area contributed by atoms with Gasteiger partial charge in [0.05, 0.1) is 19.9 Å². The quantitative estimate of drug-likeness (QED) is 0.674. The second-order valence-electron chi connectivity index (χ2n) is 5.98. The molecule has 0 unspecified atom stereocenters. The van der Waals surface area contributed by atoms with E-state index in [9.17, 15) is 4.39 Å². The minimum atomic E-state index is -0.734. The molecule has 0 saturated heterocycles. The lowest BCUT2D eigenvalue weighted by Gasteiger charge is -2.22. The van der Waals surface area contributed by atoms with Crippen LogP contribution in [0.3, 0.4) is 0 Å². The molecule has 2 heterocycles. The van der Waals surface area contributed by atoms with Gasteiger partial charge in [0.1, 0.15) is 19.4 Å². The van der Waals surface area contributed by atoms with Crippen LogP contribution in [0.4, 0.5) is 4.39 Å². The second-order valence-corrected chi connectivity index (χ2v) is 6.41. The Hall–Kier alpha value is -2.64. The number of nitrogens with zero attached hydrogens (tertiary/aromatic N) is 3. The maximum absolute atomic E-state index is 13.5. The molecule has 0 bridgehead atoms. The number of rotatable bonds is 4. The van der Waals surface area contributed by atoms with Crippen molar-refractivity contribution in [2.75, 3.05) is 14.2 Å². The topological polar surface area (TPSA) is 58.4 Å². The summed E-state index contributed by atoms with van der Waals surface area (Å²) in [6, 6.07) is 10.9. The number of hydrogen-bond acceptors (Lipinski definition) is 5. The van der Waals surface area contributed by atoms with Gasteiger partial charge >= 0.3 is 0 Å². The predicted molar refractivity (Wildman–Crippen MR) is 97.4 cm³/mol. The van der Waals surface area contributed by atoms with Crippen LogP contribution >= 0.6 is 11.6 Å². The third-order valence-corrected chi connectivity index (χ3v) is 4.76. The summed E-state index contributed by atoms with van der Waals surface area (Å²) in [5.74, 6) is 1.90. The Morgan fingerprint density at radius 3 is 2.78 bits per heavy atom. The molecule has 0 fully saturated rings. The summed E-state index contributed by atoms with van der Waals surface area (Å²) in [5.41, 5.74) is 2.27. The van der Waals surface area contributed by atoms with Crippen molar-refractivity contribution in [3.8, 4) is 17.2 Å². The molecule has 4 rings (SSSR count). The molecule has 1 aliphatic heterocycles. The highest BCUT2D eigenvalue weighted by atomic mass is 35.5. The first-order valence-corrected chi connectivity index (χ1v) is 8.67. The van der Waals surface area contributed by atoms with Gasteiger partial charge in [-0.25, -0.2) is 4.39 Å². The first kappa shape index (κ1) is 17.8. The Bertz CT molecular complexity index is 992. The monoisotopic (exact) mass is 389 g/mol. The zero-order valence-corrected chi connectivity index (χ0v) is 15.5. The zero-order chi connectivity index (χ0) is 19.0. The number of aromatic nitrogens is 3. The molecule has 1 aliphatic rings. The molecule has 1 aromatic heterocycles. The minimum absolute atomic E-state index is 0.157. The summed E-state index contributed by atoms with van der Waals surface area (Å²) in [6.45, 7) is -0.577. The van der Waals surface area contributed by atoms with Crippen LogP contribution in [-0.2, 0) is 18.0 Å². The van der Waals surface area contributed by atoms with E-state index in [4.69, 9.17) is 25.8 Å². The molecule has 3 aromatic rings. The van der Waals surface area contributed by atoms with E-state index in [1.54, 1.807) is 30.9 Å². The second kappa shape index (κ2) is 7.17. The van der Waals surface area contributed by atoms with Crippen molar-refractivity contribution >= 4 is 11.6 Å². The largest absolute Gasteiger partial charge is 0.493 e. The third-order valence-electron chi connectivity index (χ3n) is 4.52. The van der Waals surface area contributed by atoms with Gasteiger partial charge in [0.15, 0.2) is 23.1 Å². The van der Waals surface area contributed by atoms with Crippen LogP contribution in [0, 0.1) is 0 Å². The number of ether oxygens (including phenoxy) is 3. The van der Waals surface area contributed by atoms with E-state index < -0.39 is 12.8 Å². The SMILES string of the molecule is COc1cccc([C@H]2OCc3nnc(CF)n3-c3ccc(Cl)cc32)c1OC. The first-order chi connectivity index (χ1) is 13.2. The van der Waals surface area contributed by atoms with Gasteiger partial charge in [-0.05, 0) is 24.3 Å². The Morgan fingerprint density at radius 1 is 1.19 bits per heavy atom. The van der Waals surface area contributed by atoms with Crippen molar-refractivity contribution in [1.82, 2.24) is 14.8 Å². The number of alkyl halides is 1. The first-order valence-electron chi connectivity index (χ1n) is 8.29. The lowest BCUT2D eigenvalue weighted by atomic mass is 9.98. The van der Waals surface area contributed by atoms with Gasteiger partial charge in [0.2, 0.25) is 0 Å². The van der Waals surface area contributed by atoms with Crippen molar-refractivity contribution < 1.29 is 18.6 Å². The average Bonchev–Trinajstić information content (AvgIpc) is 3.03. The van der Waals surface area contributed by atoms with Crippen LogP contribution in [0.1, 0.15) is 28.9 Å². The third kappa shape index (κ3) is 2.93. The molecule has 0 spiro atoms. The van der Waals surface area contributed by atoms with Crippen LogP contribution in [0.5, 0.6) is 11.5 Å². The molecule has 0 amide bonds. The molecule has 0 aliphatic carbocycles. The lowest BCUT2D eigenvalue weighted by molar-refractivity contribution is 0.0636. The molecular formula is C19H17ClFN3O3. The summed E-state index contributed by atoms with van der Waals surface area (Å²) >= 11 is 6.26. The van der Waals surface area contributed by atoms with Gasteiger partial charge in [-0.3, -0.25) is 4.57 Å². The van der Waals surface area contributed by atoms with Crippen molar-refractivity contribution in [3.63, 3.8) is 0 Å². The summed E-state index contributed by atoms with van der Waals surface area (Å²) in [4.78, 5) is 0. The zero-order valence-electron chi connectivity index (χ0n) is 14.8. The summed E-state index contributed by atoms with van der Waals surface area (Å²) < 4.78 is 32.3. The molecule has 0 N–H and O–H groups in total. The molecule has 6 nitrogen and oxygen atoms in total. The average molecular weight is 390 g/mol. The number of halogens is 2. The summed E-state index contributed by atoms with van der Waals surface area (Å²) in [6.07, 6.45) is -0.502. The van der Waals surface area contributed by atoms with Crippen LogP contribution in [-0.4, -0.2) is 29.0 Å². The maximum Gasteiger partial charge on any atom is 0.169 e. The van der Waals surface area contributed by atoms with Crippen molar-refractivity contribution in [1.29, 1.82) is 0 Å². The van der Waals surface area contributed by atoms with E-state index in [1.807, 2.05) is 24.3 Å². The van der Waals surface area contributed by atoms with Gasteiger partial charge in [-0.15, -0.1) is 10.2 Å². The Balaban J connectivity index is 1.95. The molecular weight excluding hydrogens is 373 g/mol. The highest BCUT2D eigenvalue weighted by molar-refractivity contribution is 6.30. The van der Waals surface area contributed by atoms with Gasteiger partial charge in [0.25, 0.3) is 0 Å². The number of hydrogen-bond donors (Lipinski definition) is 0. The molecule has 140 valence electrons. The Kier molecular flexibility index (Phi) is 4.72. The number of methoxy groups -OCH3 is 2. The van der Waals surface area contributed by atoms with Crippen molar-refractivity contribution in [2.24, 2.45) is 0 Å². The Morgan fingerprint density at radius 2 is 2.04 bits per heavy atom. The highest BCUT2D eigenvalue weighted by Gasteiger charge is 2.30. The highest BCUT2D eigenvalue weighted by Crippen LogP contribution is 2.43. The van der Waals surface area contributed by atoms with Crippen molar-refractivity contribution in [3.05, 3.63) is 64.2 Å². The van der Waals surface area contributed by atoms with E-state index in [2.05, 4.69) is 10.2 Å². The van der Waals surface area contributed by atoms with E-state index in [0.717, 1.165) is 16.8 Å². The van der Waals surface area contributed by atoms with Crippen LogP contribution in [0.2, 0.25) is 5.02 Å². The van der Waals surface area contributed by atoms with Gasteiger partial charge in [0, 0.05) is 16.1 Å². The van der Waals surface area contributed by atoms with Crippen LogP contribution in [0.25, 0.3) is 5.69 Å². The number of benzene rings is 2. The normalized spacial score (nSPS) is 15.6. The van der Waals surface area contributed by atoms with E-state index >= 15 is 0 Å². The smallest absolute Gasteiger partial charge is 0.169 e. The van der Waals surface area contributed by atoms with Gasteiger partial charge in [-0.1, -0.05) is 23.7 Å². The van der Waals surface area contributed by atoms with E-state index in [1.165, 1.54) is 0 Å². The van der Waals surface area contributed by atoms with Crippen molar-refractivity contribution in [2.45, 2.75) is 19.4 Å². The minimum Gasteiger partial charge on any atom is -0.493 e.